The van der Waals surface area contributed by atoms with Crippen molar-refractivity contribution in [1.29, 1.82) is 0 Å². The fourth-order valence-corrected chi connectivity index (χ4v) is 2.97. The number of nitrogens with one attached hydrogen (secondary N) is 2. The maximum Gasteiger partial charge on any atom is 0.315 e. The number of carbonyl (C=O) groups excluding carboxylic acids is 1. The molecule has 22 heavy (non-hydrogen) atoms. The quantitative estimate of drug-likeness (QED) is 0.782. The van der Waals surface area contributed by atoms with E-state index in [2.05, 4.69) is 10.6 Å². The molecular weight excluding hydrogens is 327 g/mol. The predicted octanol–water partition coefficient (Wildman–Crippen LogP) is 3.44. The average molecular weight is 345 g/mol. The zero-order chi connectivity index (χ0) is 16.1. The number of carbonyl (C=O) groups is 2. The van der Waals surface area contributed by atoms with Gasteiger partial charge in [-0.1, -0.05) is 35.3 Å². The molecule has 0 aromatic heterocycles. The smallest absolute Gasteiger partial charge is 0.315 e. The van der Waals surface area contributed by atoms with Crippen LogP contribution in [0.1, 0.15) is 31.2 Å². The van der Waals surface area contributed by atoms with Crippen molar-refractivity contribution >= 4 is 35.2 Å². The van der Waals surface area contributed by atoms with Gasteiger partial charge in [0, 0.05) is 12.6 Å². The van der Waals surface area contributed by atoms with Crippen LogP contribution in [0.25, 0.3) is 0 Å². The van der Waals surface area contributed by atoms with E-state index >= 15 is 0 Å². The number of carboxylic acids is 1. The molecule has 1 saturated carbocycles. The molecule has 5 nitrogen and oxygen atoms in total. The second-order valence-corrected chi connectivity index (χ2v) is 6.21. The maximum absolute atomic E-state index is 11.9. The molecule has 0 aliphatic heterocycles. The summed E-state index contributed by atoms with van der Waals surface area (Å²) < 4.78 is 0. The van der Waals surface area contributed by atoms with Crippen molar-refractivity contribution in [2.45, 2.75) is 38.3 Å². The van der Waals surface area contributed by atoms with E-state index in [1.165, 1.54) is 0 Å². The third-order valence-corrected chi connectivity index (χ3v) is 4.74. The van der Waals surface area contributed by atoms with Crippen LogP contribution in [0.5, 0.6) is 0 Å². The fourth-order valence-electron chi connectivity index (χ4n) is 2.58. The number of carboxylic acid groups (broad SMARTS) is 1. The monoisotopic (exact) mass is 344 g/mol. The van der Waals surface area contributed by atoms with Crippen LogP contribution in [0.4, 0.5) is 4.79 Å². The lowest BCUT2D eigenvalue weighted by Gasteiger charge is -2.26. The molecule has 1 aromatic carbocycles. The van der Waals surface area contributed by atoms with Crippen LogP contribution >= 0.6 is 23.2 Å². The molecule has 7 heteroatoms. The van der Waals surface area contributed by atoms with E-state index in [9.17, 15) is 9.59 Å². The first-order valence-corrected chi connectivity index (χ1v) is 7.93. The summed E-state index contributed by atoms with van der Waals surface area (Å²) in [6.07, 6.45) is 2.56. The Bertz CT molecular complexity index is 558. The Morgan fingerprint density at radius 1 is 1.18 bits per heavy atom. The lowest BCUT2D eigenvalue weighted by molar-refractivity contribution is -0.142. The van der Waals surface area contributed by atoms with Crippen molar-refractivity contribution in [3.05, 3.63) is 33.8 Å². The second-order valence-electron chi connectivity index (χ2n) is 5.43. The summed E-state index contributed by atoms with van der Waals surface area (Å²) >= 11 is 12.0. The van der Waals surface area contributed by atoms with E-state index in [0.29, 0.717) is 35.7 Å². The Labute approximate surface area is 139 Å². The number of rotatable bonds is 4. The van der Waals surface area contributed by atoms with Crippen molar-refractivity contribution in [2.75, 3.05) is 0 Å². The molecule has 120 valence electrons. The van der Waals surface area contributed by atoms with E-state index in [4.69, 9.17) is 28.3 Å². The number of urea groups is 1. The third kappa shape index (κ3) is 4.52. The van der Waals surface area contributed by atoms with E-state index in [0.717, 1.165) is 5.56 Å². The van der Waals surface area contributed by atoms with Gasteiger partial charge < -0.3 is 15.7 Å². The van der Waals surface area contributed by atoms with Crippen molar-refractivity contribution in [1.82, 2.24) is 10.6 Å². The first-order valence-electron chi connectivity index (χ1n) is 7.17. The number of aliphatic carboxylic acids is 1. The van der Waals surface area contributed by atoms with Crippen molar-refractivity contribution in [3.8, 4) is 0 Å². The second kappa shape index (κ2) is 7.70. The molecule has 0 spiro atoms. The van der Waals surface area contributed by atoms with E-state index in [1.54, 1.807) is 18.2 Å². The summed E-state index contributed by atoms with van der Waals surface area (Å²) in [5, 5.41) is 15.4. The van der Waals surface area contributed by atoms with Gasteiger partial charge in [0.1, 0.15) is 0 Å². The molecule has 3 N–H and O–H groups in total. The normalized spacial score (nSPS) is 21.2. The highest BCUT2D eigenvalue weighted by Crippen LogP contribution is 2.26. The Morgan fingerprint density at radius 3 is 2.50 bits per heavy atom. The lowest BCUT2D eigenvalue weighted by atomic mass is 9.86. The van der Waals surface area contributed by atoms with Crippen molar-refractivity contribution in [2.24, 2.45) is 5.92 Å². The lowest BCUT2D eigenvalue weighted by Crippen LogP contribution is -2.43. The first kappa shape index (κ1) is 16.9. The highest BCUT2D eigenvalue weighted by atomic mass is 35.5. The Kier molecular flexibility index (Phi) is 5.91. The Hall–Kier alpha value is -1.46. The summed E-state index contributed by atoms with van der Waals surface area (Å²) in [6, 6.07) is 5.00. The van der Waals surface area contributed by atoms with Gasteiger partial charge in [0.15, 0.2) is 0 Å². The van der Waals surface area contributed by atoms with E-state index in [-0.39, 0.29) is 24.5 Å². The summed E-state index contributed by atoms with van der Waals surface area (Å²) in [5.74, 6) is -1.04. The number of amides is 2. The van der Waals surface area contributed by atoms with Crippen molar-refractivity contribution < 1.29 is 14.7 Å². The molecule has 0 heterocycles. The molecule has 0 radical (unpaired) electrons. The van der Waals surface area contributed by atoms with Gasteiger partial charge >= 0.3 is 12.0 Å². The van der Waals surface area contributed by atoms with Crippen LogP contribution in [0.3, 0.4) is 0 Å². The molecule has 0 bridgehead atoms. The standard InChI is InChI=1S/C15H18Cl2N2O3/c16-12-3-1-2-10(13(12)17)8-18-15(22)19-11-6-4-9(5-7-11)14(20)21/h1-3,9,11H,4-8H2,(H,20,21)(H2,18,19,22). The molecule has 0 atom stereocenters. The van der Waals surface area contributed by atoms with Crippen LogP contribution < -0.4 is 10.6 Å². The number of hydrogen-bond donors (Lipinski definition) is 3. The van der Waals surface area contributed by atoms with Gasteiger partial charge in [0.2, 0.25) is 0 Å². The summed E-state index contributed by atoms with van der Waals surface area (Å²) in [7, 11) is 0. The van der Waals surface area contributed by atoms with Gasteiger partial charge in [0.25, 0.3) is 0 Å². The average Bonchev–Trinajstić information content (AvgIpc) is 2.49. The van der Waals surface area contributed by atoms with Crippen LogP contribution in [0.2, 0.25) is 10.0 Å². The molecule has 1 fully saturated rings. The summed E-state index contributed by atoms with van der Waals surface area (Å²) in [4.78, 5) is 22.8. The molecule has 0 unspecified atom stereocenters. The van der Waals surface area contributed by atoms with Gasteiger partial charge in [-0.3, -0.25) is 4.79 Å². The van der Waals surface area contributed by atoms with Crippen LogP contribution in [-0.4, -0.2) is 23.1 Å². The topological polar surface area (TPSA) is 78.4 Å². The zero-order valence-corrected chi connectivity index (χ0v) is 13.5. The molecule has 1 aliphatic carbocycles. The molecular formula is C15H18Cl2N2O3. The van der Waals surface area contributed by atoms with E-state index < -0.39 is 5.97 Å². The highest BCUT2D eigenvalue weighted by Gasteiger charge is 2.26. The zero-order valence-electron chi connectivity index (χ0n) is 11.9. The first-order chi connectivity index (χ1) is 10.5. The minimum absolute atomic E-state index is 0.0189. The third-order valence-electron chi connectivity index (χ3n) is 3.88. The van der Waals surface area contributed by atoms with Gasteiger partial charge in [-0.05, 0) is 37.3 Å². The SMILES string of the molecule is O=C(NCc1cccc(Cl)c1Cl)NC1CCC(C(=O)O)CC1. The molecule has 2 amide bonds. The van der Waals surface area contributed by atoms with Gasteiger partial charge in [-0.25, -0.2) is 4.79 Å². The van der Waals surface area contributed by atoms with Crippen LogP contribution in [0.15, 0.2) is 18.2 Å². The number of benzene rings is 1. The van der Waals surface area contributed by atoms with E-state index in [1.807, 2.05) is 0 Å². The largest absolute Gasteiger partial charge is 0.481 e. The summed E-state index contributed by atoms with van der Waals surface area (Å²) in [5.41, 5.74) is 0.749. The maximum atomic E-state index is 11.9. The van der Waals surface area contributed by atoms with Gasteiger partial charge in [0.05, 0.1) is 16.0 Å². The Morgan fingerprint density at radius 2 is 1.86 bits per heavy atom. The van der Waals surface area contributed by atoms with Crippen LogP contribution in [-0.2, 0) is 11.3 Å². The Balaban J connectivity index is 1.77. The molecule has 2 rings (SSSR count). The van der Waals surface area contributed by atoms with Crippen molar-refractivity contribution in [3.63, 3.8) is 0 Å². The number of halogens is 2. The minimum atomic E-state index is -0.751. The highest BCUT2D eigenvalue weighted by molar-refractivity contribution is 6.42. The number of hydrogen-bond acceptors (Lipinski definition) is 2. The molecule has 1 aliphatic rings. The molecule has 1 aromatic rings. The molecule has 0 saturated heterocycles. The van der Waals surface area contributed by atoms with Crippen LogP contribution in [0, 0.1) is 5.92 Å². The minimum Gasteiger partial charge on any atom is -0.481 e. The van der Waals surface area contributed by atoms with Gasteiger partial charge in [-0.2, -0.15) is 0 Å². The fraction of sp³-hybridized carbons (Fsp3) is 0.467. The van der Waals surface area contributed by atoms with Gasteiger partial charge in [-0.15, -0.1) is 0 Å². The predicted molar refractivity (Wildman–Crippen MR) is 85.2 cm³/mol. The summed E-state index contributed by atoms with van der Waals surface area (Å²) in [6.45, 7) is 0.287.